The van der Waals surface area contributed by atoms with E-state index in [4.69, 9.17) is 15.0 Å². The predicted molar refractivity (Wildman–Crippen MR) is 208 cm³/mol. The lowest BCUT2D eigenvalue weighted by atomic mass is 9.93. The quantitative estimate of drug-likeness (QED) is 0.173. The number of aliphatic imine (C=N–C) groups is 2. The summed E-state index contributed by atoms with van der Waals surface area (Å²) < 4.78 is 0. The molecule has 0 amide bonds. The summed E-state index contributed by atoms with van der Waals surface area (Å²) in [5.41, 5.74) is 9.75. The van der Waals surface area contributed by atoms with Gasteiger partial charge in [-0.2, -0.15) is 0 Å². The Hall–Kier alpha value is -6.19. The molecule has 2 aliphatic rings. The van der Waals surface area contributed by atoms with Crippen molar-refractivity contribution in [2.24, 2.45) is 21.8 Å². The van der Waals surface area contributed by atoms with E-state index >= 15 is 0 Å². The van der Waals surface area contributed by atoms with Gasteiger partial charge in [-0.25, -0.2) is 9.98 Å². The summed E-state index contributed by atoms with van der Waals surface area (Å²) in [6.45, 7) is 2.32. The van der Waals surface area contributed by atoms with Gasteiger partial charge in [0.1, 0.15) is 5.54 Å². The maximum absolute atomic E-state index is 5.55. The van der Waals surface area contributed by atoms with Gasteiger partial charge in [-0.15, -0.1) is 0 Å². The Morgan fingerprint density at radius 2 is 1.16 bits per heavy atom. The fourth-order valence-corrected chi connectivity index (χ4v) is 8.32. The molecule has 7 aromatic carbocycles. The van der Waals surface area contributed by atoms with E-state index in [1.807, 2.05) is 0 Å². The van der Waals surface area contributed by atoms with E-state index in [9.17, 15) is 0 Å². The summed E-state index contributed by atoms with van der Waals surface area (Å²) in [5.74, 6) is 1.40. The lowest BCUT2D eigenvalue weighted by Gasteiger charge is -2.22. The second kappa shape index (κ2) is 11.2. The Kier molecular flexibility index (Phi) is 6.44. The molecule has 0 spiro atoms. The van der Waals surface area contributed by atoms with Crippen LogP contribution in [0.25, 0.3) is 54.8 Å². The van der Waals surface area contributed by atoms with Crippen LogP contribution < -0.4 is 0 Å². The lowest BCUT2D eigenvalue weighted by Crippen LogP contribution is -2.23. The molecule has 0 saturated heterocycles. The summed E-state index contributed by atoms with van der Waals surface area (Å²) in [4.78, 5) is 16.0. The first-order valence-electron chi connectivity index (χ1n) is 17.4. The minimum atomic E-state index is -0.319. The molecular weight excluding hydrogens is 607 g/mol. The molecular formula is C47H33N3. The number of hydrogen-bond acceptors (Lipinski definition) is 3. The molecule has 8 aromatic rings. The molecule has 2 heterocycles. The van der Waals surface area contributed by atoms with Gasteiger partial charge in [0, 0.05) is 27.8 Å². The highest BCUT2D eigenvalue weighted by molar-refractivity contribution is 6.21. The van der Waals surface area contributed by atoms with Crippen molar-refractivity contribution in [2.45, 2.75) is 12.5 Å². The first-order chi connectivity index (χ1) is 24.7. The Balaban J connectivity index is 1.08. The van der Waals surface area contributed by atoms with Gasteiger partial charge in [0.2, 0.25) is 0 Å². The summed E-state index contributed by atoms with van der Waals surface area (Å²) in [7, 11) is 0. The Morgan fingerprint density at radius 1 is 0.500 bits per heavy atom. The molecule has 1 aliphatic heterocycles. The van der Waals surface area contributed by atoms with Crippen LogP contribution in [0.4, 0.5) is 0 Å². The van der Waals surface area contributed by atoms with Crippen LogP contribution >= 0.6 is 0 Å². The van der Waals surface area contributed by atoms with Crippen molar-refractivity contribution in [1.82, 2.24) is 4.98 Å². The molecule has 1 fully saturated rings. The third kappa shape index (κ3) is 4.40. The normalized spacial score (nSPS) is 19.6. The van der Waals surface area contributed by atoms with Gasteiger partial charge in [0.15, 0.2) is 5.84 Å². The van der Waals surface area contributed by atoms with Crippen molar-refractivity contribution in [3.05, 3.63) is 187 Å². The molecule has 0 bridgehead atoms. The highest BCUT2D eigenvalue weighted by Crippen LogP contribution is 2.63. The van der Waals surface area contributed by atoms with Gasteiger partial charge in [-0.1, -0.05) is 165 Å². The minimum Gasteiger partial charge on any atom is -0.254 e. The third-order valence-electron chi connectivity index (χ3n) is 10.9. The highest BCUT2D eigenvalue weighted by Gasteiger charge is 2.67. The van der Waals surface area contributed by atoms with Crippen molar-refractivity contribution in [1.29, 1.82) is 0 Å². The monoisotopic (exact) mass is 639 g/mol. The second-order valence-corrected chi connectivity index (χ2v) is 13.6. The van der Waals surface area contributed by atoms with Gasteiger partial charge >= 0.3 is 0 Å². The molecule has 236 valence electrons. The highest BCUT2D eigenvalue weighted by atomic mass is 15.1. The molecule has 0 radical (unpaired) electrons. The first-order valence-corrected chi connectivity index (χ1v) is 17.4. The number of para-hydroxylation sites is 1. The van der Waals surface area contributed by atoms with Gasteiger partial charge in [-0.05, 0) is 56.5 Å². The molecule has 3 atom stereocenters. The maximum atomic E-state index is 5.55. The van der Waals surface area contributed by atoms with Crippen LogP contribution in [0.2, 0.25) is 0 Å². The van der Waals surface area contributed by atoms with Crippen LogP contribution in [0.5, 0.6) is 0 Å². The number of pyridine rings is 1. The number of fused-ring (bicyclic) bond motifs is 5. The molecule has 3 heteroatoms. The number of aromatic nitrogens is 1. The summed E-state index contributed by atoms with van der Waals surface area (Å²) in [6.07, 6.45) is 0. The molecule has 0 N–H and O–H groups in total. The van der Waals surface area contributed by atoms with Gasteiger partial charge in [0.25, 0.3) is 0 Å². The van der Waals surface area contributed by atoms with Crippen LogP contribution in [0.1, 0.15) is 23.6 Å². The number of amidine groups is 1. The molecule has 1 aliphatic carbocycles. The van der Waals surface area contributed by atoms with Crippen LogP contribution in [0.15, 0.2) is 180 Å². The predicted octanol–water partition coefficient (Wildman–Crippen LogP) is 11.3. The average molecular weight is 640 g/mol. The zero-order valence-electron chi connectivity index (χ0n) is 27.7. The molecule has 1 aromatic heterocycles. The van der Waals surface area contributed by atoms with Crippen molar-refractivity contribution >= 4 is 44.0 Å². The van der Waals surface area contributed by atoms with Crippen LogP contribution in [0, 0.1) is 11.8 Å². The largest absolute Gasteiger partial charge is 0.254 e. The molecule has 3 nitrogen and oxygen atoms in total. The standard InChI is InChI=1S/C47H33N3/c1-30-43-45(33-13-4-2-5-14-33)49-46(50-47(30,43)36-16-6-3-7-17-36)40-21-12-15-32-25-28-35(29-41(32)40)31-23-26-34(27-24-31)44-39-20-9-8-18-37(39)38-19-10-11-22-42(38)48-44/h2-30,43H,1H3. The number of benzene rings is 7. The van der Waals surface area contributed by atoms with E-state index < -0.39 is 0 Å². The number of hydrogen-bond donors (Lipinski definition) is 0. The molecule has 10 rings (SSSR count). The molecule has 1 saturated carbocycles. The van der Waals surface area contributed by atoms with E-state index in [1.165, 1.54) is 32.7 Å². The third-order valence-corrected chi connectivity index (χ3v) is 10.9. The summed E-state index contributed by atoms with van der Waals surface area (Å²) in [5, 5.41) is 5.90. The van der Waals surface area contributed by atoms with Crippen molar-refractivity contribution in [2.75, 3.05) is 0 Å². The summed E-state index contributed by atoms with van der Waals surface area (Å²) >= 11 is 0. The Labute approximate surface area is 291 Å². The van der Waals surface area contributed by atoms with Gasteiger partial charge in [0.05, 0.1) is 16.9 Å². The van der Waals surface area contributed by atoms with Gasteiger partial charge < -0.3 is 0 Å². The number of rotatable bonds is 5. The van der Waals surface area contributed by atoms with Crippen molar-refractivity contribution < 1.29 is 0 Å². The van der Waals surface area contributed by atoms with E-state index in [-0.39, 0.29) is 11.5 Å². The maximum Gasteiger partial charge on any atom is 0.156 e. The van der Waals surface area contributed by atoms with Crippen LogP contribution in [0.3, 0.4) is 0 Å². The van der Waals surface area contributed by atoms with E-state index in [2.05, 4.69) is 177 Å². The van der Waals surface area contributed by atoms with E-state index in [0.29, 0.717) is 5.92 Å². The molecule has 50 heavy (non-hydrogen) atoms. The van der Waals surface area contributed by atoms with Crippen LogP contribution in [-0.4, -0.2) is 16.5 Å². The zero-order chi connectivity index (χ0) is 33.2. The fraction of sp³-hybridized carbons (Fsp3) is 0.0851. The topological polar surface area (TPSA) is 37.6 Å². The first kappa shape index (κ1) is 28.8. The fourth-order valence-electron chi connectivity index (χ4n) is 8.32. The number of nitrogens with zero attached hydrogens (tertiary/aromatic N) is 3. The van der Waals surface area contributed by atoms with Crippen molar-refractivity contribution in [3.8, 4) is 22.4 Å². The smallest absolute Gasteiger partial charge is 0.156 e. The zero-order valence-corrected chi connectivity index (χ0v) is 27.7. The summed E-state index contributed by atoms with van der Waals surface area (Å²) in [6, 6.07) is 60.5. The molecule has 3 unspecified atom stereocenters. The van der Waals surface area contributed by atoms with E-state index in [1.54, 1.807) is 0 Å². The van der Waals surface area contributed by atoms with Crippen LogP contribution in [-0.2, 0) is 5.54 Å². The minimum absolute atomic E-state index is 0.245. The Morgan fingerprint density at radius 3 is 1.96 bits per heavy atom. The lowest BCUT2D eigenvalue weighted by molar-refractivity contribution is 0.656. The Bertz CT molecular complexity index is 2660. The van der Waals surface area contributed by atoms with E-state index in [0.717, 1.165) is 50.4 Å². The van der Waals surface area contributed by atoms with Crippen molar-refractivity contribution in [3.63, 3.8) is 0 Å². The SMILES string of the molecule is CC1C2C(c3ccccc3)=NC(c3cccc4ccc(-c5ccc(-c6nc7ccccc7c7ccccc67)cc5)cc34)=NC12c1ccccc1. The van der Waals surface area contributed by atoms with Gasteiger partial charge in [-0.3, -0.25) is 4.99 Å². The second-order valence-electron chi connectivity index (χ2n) is 13.6. The average Bonchev–Trinajstić information content (AvgIpc) is 3.82.